The Hall–Kier alpha value is -1.68. The largest absolute Gasteiger partial charge is 0.308 e. The second-order valence-corrected chi connectivity index (χ2v) is 4.27. The molecule has 0 saturated carbocycles. The normalized spacial score (nSPS) is 12.6. The van der Waals surface area contributed by atoms with Gasteiger partial charge in [-0.15, -0.1) is 0 Å². The van der Waals surface area contributed by atoms with Crippen LogP contribution < -0.4 is 5.32 Å². The molecule has 0 aliphatic heterocycles. The Bertz CT molecular complexity index is 453. The number of nitrogens with zero attached hydrogens (tertiary/aromatic N) is 2. The number of aryl methyl sites for hydroxylation is 1. The smallest absolute Gasteiger partial charge is 0.121 e. The summed E-state index contributed by atoms with van der Waals surface area (Å²) in [6.45, 7) is 4.76. The van der Waals surface area contributed by atoms with E-state index < -0.39 is 0 Å². The highest BCUT2D eigenvalue weighted by Gasteiger charge is 2.07. The van der Waals surface area contributed by atoms with Gasteiger partial charge in [-0.2, -0.15) is 0 Å². The van der Waals surface area contributed by atoms with Gasteiger partial charge in [0.25, 0.3) is 0 Å². The zero-order valence-electron chi connectivity index (χ0n) is 10.2. The van der Waals surface area contributed by atoms with Crippen molar-refractivity contribution in [3.05, 3.63) is 47.3 Å². The van der Waals surface area contributed by atoms with Crippen LogP contribution in [0.5, 0.6) is 0 Å². The molecule has 0 amide bonds. The highest BCUT2D eigenvalue weighted by Crippen LogP contribution is 2.04. The van der Waals surface area contributed by atoms with Crippen molar-refractivity contribution in [2.45, 2.75) is 32.9 Å². The molecule has 1 unspecified atom stereocenters. The minimum atomic E-state index is 0.397. The van der Waals surface area contributed by atoms with Crippen molar-refractivity contribution in [3.8, 4) is 0 Å². The molecule has 2 rings (SSSR count). The molecule has 0 radical (unpaired) electrons. The number of hydrogen-bond acceptors (Lipinski definition) is 4. The van der Waals surface area contributed by atoms with Gasteiger partial charge in [0, 0.05) is 12.6 Å². The van der Waals surface area contributed by atoms with Crippen molar-refractivity contribution in [1.29, 1.82) is 0 Å². The predicted octanol–water partition coefficient (Wildman–Crippen LogP) is 2.10. The lowest BCUT2D eigenvalue weighted by molar-refractivity contribution is 0.300. The molecular formula is C13H17N3O. The van der Waals surface area contributed by atoms with Gasteiger partial charge in [-0.1, -0.05) is 40.6 Å². The van der Waals surface area contributed by atoms with E-state index in [0.717, 1.165) is 17.8 Å². The van der Waals surface area contributed by atoms with E-state index in [-0.39, 0.29) is 0 Å². The maximum atomic E-state index is 4.66. The second kappa shape index (κ2) is 5.59. The minimum absolute atomic E-state index is 0.397. The molecule has 1 atom stereocenters. The van der Waals surface area contributed by atoms with E-state index in [0.29, 0.717) is 12.6 Å². The first kappa shape index (κ1) is 11.8. The number of rotatable bonds is 5. The third-order valence-electron chi connectivity index (χ3n) is 2.75. The molecule has 0 saturated heterocycles. The van der Waals surface area contributed by atoms with E-state index in [4.69, 9.17) is 0 Å². The van der Waals surface area contributed by atoms with Gasteiger partial charge in [0.15, 0.2) is 0 Å². The maximum absolute atomic E-state index is 4.66. The van der Waals surface area contributed by atoms with Crippen molar-refractivity contribution in [3.63, 3.8) is 0 Å². The molecule has 1 N–H and O–H groups in total. The molecule has 4 nitrogen and oxygen atoms in total. The summed E-state index contributed by atoms with van der Waals surface area (Å²) in [6.07, 6.45) is 1.01. The highest BCUT2D eigenvalue weighted by atomic mass is 16.6. The molecule has 1 aromatic heterocycles. The number of hydrogen-bond donors (Lipinski definition) is 1. The lowest BCUT2D eigenvalue weighted by Gasteiger charge is -2.12. The summed E-state index contributed by atoms with van der Waals surface area (Å²) in [5.74, 6) is 0. The van der Waals surface area contributed by atoms with Crippen molar-refractivity contribution < 1.29 is 4.63 Å². The molecule has 1 heterocycles. The number of aromatic nitrogens is 2. The fourth-order valence-electron chi connectivity index (χ4n) is 1.72. The van der Waals surface area contributed by atoms with Crippen molar-refractivity contribution in [2.75, 3.05) is 0 Å². The van der Waals surface area contributed by atoms with Crippen molar-refractivity contribution in [2.24, 2.45) is 0 Å². The van der Waals surface area contributed by atoms with Crippen LogP contribution in [-0.4, -0.2) is 16.4 Å². The summed E-state index contributed by atoms with van der Waals surface area (Å²) in [5, 5.41) is 11.0. The van der Waals surface area contributed by atoms with Crippen LogP contribution in [-0.2, 0) is 13.0 Å². The molecule has 0 bridgehead atoms. The topological polar surface area (TPSA) is 51.0 Å². The highest BCUT2D eigenvalue weighted by molar-refractivity contribution is 5.15. The van der Waals surface area contributed by atoms with E-state index in [1.807, 2.05) is 13.0 Å². The van der Waals surface area contributed by atoms with Gasteiger partial charge in [-0.3, -0.25) is 0 Å². The van der Waals surface area contributed by atoms with Gasteiger partial charge in [-0.05, 0) is 25.8 Å². The quantitative estimate of drug-likeness (QED) is 0.856. The van der Waals surface area contributed by atoms with Crippen LogP contribution in [0.2, 0.25) is 0 Å². The van der Waals surface area contributed by atoms with E-state index in [2.05, 4.69) is 51.4 Å². The van der Waals surface area contributed by atoms with Crippen LogP contribution in [0.3, 0.4) is 0 Å². The molecule has 0 spiro atoms. The summed E-state index contributed by atoms with van der Waals surface area (Å²) in [7, 11) is 0. The van der Waals surface area contributed by atoms with Crippen LogP contribution in [0.25, 0.3) is 0 Å². The van der Waals surface area contributed by atoms with Gasteiger partial charge >= 0.3 is 0 Å². The predicted molar refractivity (Wildman–Crippen MR) is 65.5 cm³/mol. The first-order chi connectivity index (χ1) is 8.25. The Kier molecular flexibility index (Phi) is 3.88. The molecular weight excluding hydrogens is 214 g/mol. The Morgan fingerprint density at radius 1 is 1.24 bits per heavy atom. The lowest BCUT2D eigenvalue weighted by Crippen LogP contribution is -2.27. The molecule has 0 fully saturated rings. The minimum Gasteiger partial charge on any atom is -0.308 e. The molecule has 1 aromatic carbocycles. The van der Waals surface area contributed by atoms with Gasteiger partial charge in [0.05, 0.1) is 0 Å². The summed E-state index contributed by atoms with van der Waals surface area (Å²) >= 11 is 0. The number of benzene rings is 1. The van der Waals surface area contributed by atoms with Crippen molar-refractivity contribution >= 4 is 0 Å². The Labute approximate surface area is 101 Å². The molecule has 0 aliphatic carbocycles. The molecule has 4 heteroatoms. The van der Waals surface area contributed by atoms with Crippen LogP contribution in [0.1, 0.15) is 23.9 Å². The summed E-state index contributed by atoms with van der Waals surface area (Å²) in [5.41, 5.74) is 3.07. The Balaban J connectivity index is 1.82. The number of nitrogens with one attached hydrogen (secondary N) is 1. The molecule has 0 aliphatic rings. The summed E-state index contributed by atoms with van der Waals surface area (Å²) in [6, 6.07) is 10.8. The zero-order valence-corrected chi connectivity index (χ0v) is 10.2. The fraction of sp³-hybridized carbons (Fsp3) is 0.385. The summed E-state index contributed by atoms with van der Waals surface area (Å²) in [4.78, 5) is 0. The van der Waals surface area contributed by atoms with E-state index >= 15 is 0 Å². The van der Waals surface area contributed by atoms with E-state index in [9.17, 15) is 0 Å². The average molecular weight is 231 g/mol. The monoisotopic (exact) mass is 231 g/mol. The van der Waals surface area contributed by atoms with Crippen LogP contribution in [0.4, 0.5) is 0 Å². The lowest BCUT2D eigenvalue weighted by atomic mass is 10.1. The average Bonchev–Trinajstić information content (AvgIpc) is 2.74. The third-order valence-corrected chi connectivity index (χ3v) is 2.75. The Morgan fingerprint density at radius 3 is 2.65 bits per heavy atom. The molecule has 90 valence electrons. The van der Waals surface area contributed by atoms with Crippen LogP contribution in [0.15, 0.2) is 35.0 Å². The van der Waals surface area contributed by atoms with Crippen LogP contribution >= 0.6 is 0 Å². The second-order valence-electron chi connectivity index (χ2n) is 4.27. The van der Waals surface area contributed by atoms with Gasteiger partial charge in [-0.25, -0.2) is 4.63 Å². The summed E-state index contributed by atoms with van der Waals surface area (Å²) < 4.78 is 4.66. The SMILES string of the molecule is Cc1nonc1CNC(C)Cc1ccccc1. The molecule has 17 heavy (non-hydrogen) atoms. The maximum Gasteiger partial charge on any atom is 0.121 e. The third kappa shape index (κ3) is 3.39. The van der Waals surface area contributed by atoms with E-state index in [1.165, 1.54) is 5.56 Å². The van der Waals surface area contributed by atoms with Crippen LogP contribution in [0, 0.1) is 6.92 Å². The first-order valence-electron chi connectivity index (χ1n) is 5.81. The van der Waals surface area contributed by atoms with Gasteiger partial charge < -0.3 is 5.32 Å². The van der Waals surface area contributed by atoms with Crippen molar-refractivity contribution in [1.82, 2.24) is 15.6 Å². The standard InChI is InChI=1S/C13H17N3O/c1-10(8-12-6-4-3-5-7-12)14-9-13-11(2)15-17-16-13/h3-7,10,14H,8-9H2,1-2H3. The molecule has 2 aromatic rings. The fourth-order valence-corrected chi connectivity index (χ4v) is 1.72. The van der Waals surface area contributed by atoms with E-state index in [1.54, 1.807) is 0 Å². The Morgan fingerprint density at radius 2 is 2.00 bits per heavy atom. The van der Waals surface area contributed by atoms with Gasteiger partial charge in [0.1, 0.15) is 11.4 Å². The first-order valence-corrected chi connectivity index (χ1v) is 5.81. The zero-order chi connectivity index (χ0) is 12.1. The van der Waals surface area contributed by atoms with Gasteiger partial charge in [0.2, 0.25) is 0 Å².